The van der Waals surface area contributed by atoms with Crippen LogP contribution in [0.4, 0.5) is 0 Å². The van der Waals surface area contributed by atoms with Crippen LogP contribution in [0.1, 0.15) is 46.0 Å². The van der Waals surface area contributed by atoms with E-state index in [9.17, 15) is 9.90 Å². The summed E-state index contributed by atoms with van der Waals surface area (Å²) < 4.78 is 5.54. The van der Waals surface area contributed by atoms with Gasteiger partial charge in [0.25, 0.3) is 0 Å². The molecule has 3 unspecified atom stereocenters. The second-order valence-electron chi connectivity index (χ2n) is 5.89. The van der Waals surface area contributed by atoms with Gasteiger partial charge < -0.3 is 15.2 Å². The van der Waals surface area contributed by atoms with E-state index in [0.717, 1.165) is 25.9 Å². The largest absolute Gasteiger partial charge is 0.392 e. The van der Waals surface area contributed by atoms with Crippen molar-refractivity contribution in [2.24, 2.45) is 5.41 Å². The van der Waals surface area contributed by atoms with Crippen LogP contribution in [0.3, 0.4) is 0 Å². The third-order valence-corrected chi connectivity index (χ3v) is 4.24. The van der Waals surface area contributed by atoms with Crippen LogP contribution in [0.15, 0.2) is 0 Å². The Morgan fingerprint density at radius 2 is 2.24 bits per heavy atom. The molecule has 1 heterocycles. The first-order valence-corrected chi connectivity index (χ1v) is 6.59. The Hall–Kier alpha value is -0.610. The highest BCUT2D eigenvalue weighted by molar-refractivity contribution is 5.77. The molecule has 0 aromatic rings. The van der Waals surface area contributed by atoms with Crippen molar-refractivity contribution in [1.82, 2.24) is 5.32 Å². The molecule has 4 heteroatoms. The van der Waals surface area contributed by atoms with Crippen molar-refractivity contribution in [3.63, 3.8) is 0 Å². The third-order valence-electron chi connectivity index (χ3n) is 4.24. The van der Waals surface area contributed by atoms with Crippen LogP contribution in [-0.4, -0.2) is 35.9 Å². The first-order chi connectivity index (χ1) is 8.00. The van der Waals surface area contributed by atoms with E-state index < -0.39 is 0 Å². The highest BCUT2D eigenvalue weighted by Gasteiger charge is 2.47. The predicted molar refractivity (Wildman–Crippen MR) is 64.5 cm³/mol. The average molecular weight is 241 g/mol. The fourth-order valence-electron chi connectivity index (χ4n) is 2.58. The van der Waals surface area contributed by atoms with E-state index in [1.807, 2.05) is 13.8 Å². The zero-order valence-electron chi connectivity index (χ0n) is 10.7. The van der Waals surface area contributed by atoms with Crippen LogP contribution in [-0.2, 0) is 9.53 Å². The van der Waals surface area contributed by atoms with Crippen LogP contribution in [0.2, 0.25) is 0 Å². The SMILES string of the molecule is CC1(C)C(O)CC1NC(=O)CC1CCCCO1. The highest BCUT2D eigenvalue weighted by Crippen LogP contribution is 2.40. The normalized spacial score (nSPS) is 36.1. The lowest BCUT2D eigenvalue weighted by molar-refractivity contribution is -0.132. The van der Waals surface area contributed by atoms with Gasteiger partial charge in [-0.3, -0.25) is 4.79 Å². The minimum absolute atomic E-state index is 0.0573. The van der Waals surface area contributed by atoms with E-state index in [1.165, 1.54) is 0 Å². The monoisotopic (exact) mass is 241 g/mol. The van der Waals surface area contributed by atoms with Crippen LogP contribution in [0.25, 0.3) is 0 Å². The van der Waals surface area contributed by atoms with Crippen molar-refractivity contribution in [2.45, 2.75) is 64.2 Å². The van der Waals surface area contributed by atoms with Crippen molar-refractivity contribution < 1.29 is 14.6 Å². The molecule has 0 bridgehead atoms. The van der Waals surface area contributed by atoms with Gasteiger partial charge in [-0.05, 0) is 25.7 Å². The molecular formula is C13H23NO3. The number of carbonyl (C=O) groups is 1. The van der Waals surface area contributed by atoms with E-state index >= 15 is 0 Å². The summed E-state index contributed by atoms with van der Waals surface area (Å²) in [5.41, 5.74) is -0.191. The second kappa shape index (κ2) is 4.94. The van der Waals surface area contributed by atoms with Gasteiger partial charge in [-0.25, -0.2) is 0 Å². The van der Waals surface area contributed by atoms with Gasteiger partial charge in [0.15, 0.2) is 0 Å². The molecule has 0 aromatic carbocycles. The van der Waals surface area contributed by atoms with Gasteiger partial charge in [0, 0.05) is 18.1 Å². The lowest BCUT2D eigenvalue weighted by Gasteiger charge is -2.49. The van der Waals surface area contributed by atoms with Crippen LogP contribution in [0.5, 0.6) is 0 Å². The summed E-state index contributed by atoms with van der Waals surface area (Å²) in [5, 5.41) is 12.6. The van der Waals surface area contributed by atoms with Gasteiger partial charge in [-0.15, -0.1) is 0 Å². The van der Waals surface area contributed by atoms with Gasteiger partial charge in [-0.2, -0.15) is 0 Å². The Balaban J connectivity index is 1.74. The lowest BCUT2D eigenvalue weighted by atomic mass is 9.64. The van der Waals surface area contributed by atoms with Gasteiger partial charge in [0.2, 0.25) is 5.91 Å². The Bertz CT molecular complexity index is 284. The fraction of sp³-hybridized carbons (Fsp3) is 0.923. The number of nitrogens with one attached hydrogen (secondary N) is 1. The number of amides is 1. The van der Waals surface area contributed by atoms with E-state index in [0.29, 0.717) is 12.8 Å². The highest BCUT2D eigenvalue weighted by atomic mass is 16.5. The summed E-state index contributed by atoms with van der Waals surface area (Å²) in [6, 6.07) is 0.105. The van der Waals surface area contributed by atoms with E-state index in [2.05, 4.69) is 5.32 Å². The summed E-state index contributed by atoms with van der Waals surface area (Å²) in [7, 11) is 0. The molecule has 2 N–H and O–H groups in total. The number of hydrogen-bond acceptors (Lipinski definition) is 3. The molecule has 98 valence electrons. The molecule has 0 radical (unpaired) electrons. The third kappa shape index (κ3) is 2.80. The molecule has 3 atom stereocenters. The number of aliphatic hydroxyl groups is 1. The molecule has 1 saturated carbocycles. The molecule has 0 spiro atoms. The van der Waals surface area contributed by atoms with Crippen LogP contribution >= 0.6 is 0 Å². The number of ether oxygens (including phenoxy) is 1. The number of rotatable bonds is 3. The molecule has 1 aliphatic heterocycles. The summed E-state index contributed by atoms with van der Waals surface area (Å²) in [4.78, 5) is 11.8. The van der Waals surface area contributed by atoms with Crippen molar-refractivity contribution in [3.8, 4) is 0 Å². The van der Waals surface area contributed by atoms with Gasteiger partial charge >= 0.3 is 0 Å². The van der Waals surface area contributed by atoms with Crippen molar-refractivity contribution in [3.05, 3.63) is 0 Å². The minimum atomic E-state index is -0.293. The topological polar surface area (TPSA) is 58.6 Å². The molecule has 4 nitrogen and oxygen atoms in total. The number of aliphatic hydroxyl groups excluding tert-OH is 1. The average Bonchev–Trinajstić information content (AvgIpc) is 2.30. The number of carbonyl (C=O) groups excluding carboxylic acids is 1. The van der Waals surface area contributed by atoms with Gasteiger partial charge in [0.05, 0.1) is 18.6 Å². The second-order valence-corrected chi connectivity index (χ2v) is 5.89. The number of hydrogen-bond donors (Lipinski definition) is 2. The zero-order chi connectivity index (χ0) is 12.5. The molecular weight excluding hydrogens is 218 g/mol. The summed E-state index contributed by atoms with van der Waals surface area (Å²) in [5.74, 6) is 0.0573. The quantitative estimate of drug-likeness (QED) is 0.781. The smallest absolute Gasteiger partial charge is 0.222 e. The molecule has 1 amide bonds. The molecule has 1 aliphatic carbocycles. The van der Waals surface area contributed by atoms with E-state index in [4.69, 9.17) is 4.74 Å². The van der Waals surface area contributed by atoms with Crippen molar-refractivity contribution in [2.75, 3.05) is 6.61 Å². The summed E-state index contributed by atoms with van der Waals surface area (Å²) in [6.07, 6.45) is 4.19. The van der Waals surface area contributed by atoms with Gasteiger partial charge in [-0.1, -0.05) is 13.8 Å². The summed E-state index contributed by atoms with van der Waals surface area (Å²) in [6.45, 7) is 4.76. The first-order valence-electron chi connectivity index (χ1n) is 6.59. The molecule has 2 rings (SSSR count). The molecule has 1 saturated heterocycles. The lowest BCUT2D eigenvalue weighted by Crippen LogP contribution is -2.61. The van der Waals surface area contributed by atoms with Gasteiger partial charge in [0.1, 0.15) is 0 Å². The molecule has 0 aromatic heterocycles. The Labute approximate surface area is 103 Å². The first kappa shape index (κ1) is 12.8. The standard InChI is InChI=1S/C13H23NO3/c1-13(2)10(8-11(13)15)14-12(16)7-9-5-3-4-6-17-9/h9-11,15H,3-8H2,1-2H3,(H,14,16). The van der Waals surface area contributed by atoms with Crippen molar-refractivity contribution >= 4 is 5.91 Å². The Morgan fingerprint density at radius 3 is 2.76 bits per heavy atom. The molecule has 2 fully saturated rings. The van der Waals surface area contributed by atoms with Crippen LogP contribution < -0.4 is 5.32 Å². The predicted octanol–water partition coefficient (Wildman–Crippen LogP) is 1.22. The Morgan fingerprint density at radius 1 is 1.47 bits per heavy atom. The summed E-state index contributed by atoms with van der Waals surface area (Å²) >= 11 is 0. The van der Waals surface area contributed by atoms with E-state index in [-0.39, 0.29) is 29.6 Å². The fourth-order valence-corrected chi connectivity index (χ4v) is 2.58. The van der Waals surface area contributed by atoms with Crippen LogP contribution in [0, 0.1) is 5.41 Å². The maximum Gasteiger partial charge on any atom is 0.222 e. The zero-order valence-corrected chi connectivity index (χ0v) is 10.7. The van der Waals surface area contributed by atoms with E-state index in [1.54, 1.807) is 0 Å². The molecule has 17 heavy (non-hydrogen) atoms. The minimum Gasteiger partial charge on any atom is -0.392 e. The molecule has 2 aliphatic rings. The van der Waals surface area contributed by atoms with Crippen molar-refractivity contribution in [1.29, 1.82) is 0 Å². The maximum absolute atomic E-state index is 11.8. The maximum atomic E-state index is 11.8. The Kier molecular flexibility index (Phi) is 3.73.